The summed E-state index contributed by atoms with van der Waals surface area (Å²) in [5, 5.41) is 7.66. The Morgan fingerprint density at radius 2 is 2.15 bits per heavy atom. The van der Waals surface area contributed by atoms with E-state index in [-0.39, 0.29) is 0 Å². The lowest BCUT2D eigenvalue weighted by atomic mass is 10.2. The Morgan fingerprint density at radius 1 is 1.30 bits per heavy atom. The Kier molecular flexibility index (Phi) is 5.62. The first-order chi connectivity index (χ1) is 9.79. The molecule has 0 radical (unpaired) electrons. The van der Waals surface area contributed by atoms with E-state index in [0.29, 0.717) is 6.61 Å². The molecule has 1 N–H and O–H groups in total. The van der Waals surface area contributed by atoms with E-state index in [2.05, 4.69) is 23.4 Å². The third-order valence-electron chi connectivity index (χ3n) is 3.06. The van der Waals surface area contributed by atoms with E-state index >= 15 is 0 Å². The zero-order chi connectivity index (χ0) is 14.2. The van der Waals surface area contributed by atoms with Crippen LogP contribution < -0.4 is 10.1 Å². The van der Waals surface area contributed by atoms with Crippen LogP contribution in [0.3, 0.4) is 0 Å². The topological polar surface area (TPSA) is 39.1 Å². The number of hydrogen-bond donors (Lipinski definition) is 1. The monoisotopic (exact) mass is 273 g/mol. The summed E-state index contributed by atoms with van der Waals surface area (Å²) in [7, 11) is 0. The van der Waals surface area contributed by atoms with Crippen molar-refractivity contribution in [3.63, 3.8) is 0 Å². The van der Waals surface area contributed by atoms with Gasteiger partial charge in [-0.3, -0.25) is 4.68 Å². The van der Waals surface area contributed by atoms with E-state index in [9.17, 15) is 0 Å². The highest BCUT2D eigenvalue weighted by Gasteiger charge is 2.02. The summed E-state index contributed by atoms with van der Waals surface area (Å²) < 4.78 is 7.79. The summed E-state index contributed by atoms with van der Waals surface area (Å²) in [6, 6.07) is 8.19. The van der Waals surface area contributed by atoms with Gasteiger partial charge < -0.3 is 10.1 Å². The van der Waals surface area contributed by atoms with Crippen LogP contribution in [-0.4, -0.2) is 22.9 Å². The van der Waals surface area contributed by atoms with E-state index in [4.69, 9.17) is 4.74 Å². The van der Waals surface area contributed by atoms with Crippen molar-refractivity contribution in [1.29, 1.82) is 0 Å². The van der Waals surface area contributed by atoms with Crippen molar-refractivity contribution in [2.45, 2.75) is 33.4 Å². The normalized spacial score (nSPS) is 10.7. The van der Waals surface area contributed by atoms with E-state index in [1.807, 2.05) is 42.2 Å². The van der Waals surface area contributed by atoms with Crippen LogP contribution >= 0.6 is 0 Å². The number of benzene rings is 1. The van der Waals surface area contributed by atoms with E-state index < -0.39 is 0 Å². The summed E-state index contributed by atoms with van der Waals surface area (Å²) in [5.41, 5.74) is 2.38. The van der Waals surface area contributed by atoms with Crippen LogP contribution in [0.4, 0.5) is 0 Å². The molecule has 0 aliphatic heterocycles. The Hall–Kier alpha value is -1.81. The molecule has 0 spiro atoms. The van der Waals surface area contributed by atoms with Gasteiger partial charge in [-0.15, -0.1) is 0 Å². The Bertz CT molecular complexity index is 522. The minimum Gasteiger partial charge on any atom is -0.491 e. The van der Waals surface area contributed by atoms with E-state index in [1.54, 1.807) is 0 Å². The first-order valence-corrected chi connectivity index (χ1v) is 7.20. The van der Waals surface area contributed by atoms with Crippen molar-refractivity contribution in [2.24, 2.45) is 0 Å². The van der Waals surface area contributed by atoms with Crippen molar-refractivity contribution >= 4 is 0 Å². The van der Waals surface area contributed by atoms with Gasteiger partial charge in [-0.05, 0) is 31.5 Å². The lowest BCUT2D eigenvalue weighted by Crippen LogP contribution is -2.15. The van der Waals surface area contributed by atoms with Crippen LogP contribution in [0.5, 0.6) is 5.75 Å². The Balaban J connectivity index is 1.85. The maximum atomic E-state index is 5.88. The number of aromatic nitrogens is 2. The highest BCUT2D eigenvalue weighted by molar-refractivity contribution is 5.33. The Labute approximate surface area is 120 Å². The van der Waals surface area contributed by atoms with Crippen LogP contribution in [0.1, 0.15) is 24.5 Å². The van der Waals surface area contributed by atoms with Crippen molar-refractivity contribution < 1.29 is 4.74 Å². The van der Waals surface area contributed by atoms with Gasteiger partial charge >= 0.3 is 0 Å². The van der Waals surface area contributed by atoms with Crippen molar-refractivity contribution in [3.8, 4) is 5.75 Å². The summed E-state index contributed by atoms with van der Waals surface area (Å²) in [6.07, 6.45) is 5.03. The first-order valence-electron chi connectivity index (χ1n) is 7.20. The molecule has 4 heteroatoms. The maximum Gasteiger partial charge on any atom is 0.123 e. The molecule has 0 fully saturated rings. The number of para-hydroxylation sites is 1. The minimum atomic E-state index is 0.631. The Morgan fingerprint density at radius 3 is 2.90 bits per heavy atom. The van der Waals surface area contributed by atoms with Crippen LogP contribution in [0.15, 0.2) is 36.7 Å². The van der Waals surface area contributed by atoms with Crippen molar-refractivity contribution in [1.82, 2.24) is 15.1 Å². The molecule has 2 rings (SSSR count). The maximum absolute atomic E-state index is 5.88. The zero-order valence-corrected chi connectivity index (χ0v) is 12.3. The molecule has 0 aliphatic rings. The lowest BCUT2D eigenvalue weighted by Gasteiger charge is -2.12. The number of ether oxygens (including phenoxy) is 1. The second kappa shape index (κ2) is 7.70. The molecular formula is C16H23N3O. The molecule has 4 nitrogen and oxygen atoms in total. The SMILES string of the molecule is CCCNCc1ccccc1OCCn1cc(C)cn1. The van der Waals surface area contributed by atoms with Gasteiger partial charge in [0.2, 0.25) is 0 Å². The summed E-state index contributed by atoms with van der Waals surface area (Å²) in [4.78, 5) is 0. The van der Waals surface area contributed by atoms with Gasteiger partial charge in [0.1, 0.15) is 12.4 Å². The molecule has 1 aromatic heterocycles. The molecule has 0 saturated carbocycles. The van der Waals surface area contributed by atoms with Gasteiger partial charge in [0.25, 0.3) is 0 Å². The van der Waals surface area contributed by atoms with Gasteiger partial charge in [0.05, 0.1) is 12.7 Å². The summed E-state index contributed by atoms with van der Waals surface area (Å²) >= 11 is 0. The second-order valence-corrected chi connectivity index (χ2v) is 4.91. The minimum absolute atomic E-state index is 0.631. The van der Waals surface area contributed by atoms with Gasteiger partial charge in [-0.2, -0.15) is 5.10 Å². The van der Waals surface area contributed by atoms with Crippen LogP contribution in [0, 0.1) is 6.92 Å². The smallest absolute Gasteiger partial charge is 0.123 e. The fourth-order valence-corrected chi connectivity index (χ4v) is 2.03. The molecule has 0 atom stereocenters. The van der Waals surface area contributed by atoms with Gasteiger partial charge in [-0.1, -0.05) is 25.1 Å². The molecule has 20 heavy (non-hydrogen) atoms. The highest BCUT2D eigenvalue weighted by atomic mass is 16.5. The van der Waals surface area contributed by atoms with E-state index in [0.717, 1.165) is 31.8 Å². The number of rotatable bonds is 8. The molecular weight excluding hydrogens is 250 g/mol. The predicted molar refractivity (Wildman–Crippen MR) is 80.9 cm³/mol. The van der Waals surface area contributed by atoms with Gasteiger partial charge in [0, 0.05) is 18.3 Å². The number of nitrogens with one attached hydrogen (secondary N) is 1. The first kappa shape index (κ1) is 14.6. The van der Waals surface area contributed by atoms with Gasteiger partial charge in [-0.25, -0.2) is 0 Å². The molecule has 1 heterocycles. The molecule has 108 valence electrons. The third-order valence-corrected chi connectivity index (χ3v) is 3.06. The zero-order valence-electron chi connectivity index (χ0n) is 12.3. The van der Waals surface area contributed by atoms with Crippen molar-refractivity contribution in [2.75, 3.05) is 13.2 Å². The molecule has 0 bridgehead atoms. The number of hydrogen-bond acceptors (Lipinski definition) is 3. The quantitative estimate of drug-likeness (QED) is 0.752. The molecule has 0 aliphatic carbocycles. The fraction of sp³-hybridized carbons (Fsp3) is 0.438. The number of nitrogens with zero attached hydrogens (tertiary/aromatic N) is 2. The van der Waals surface area contributed by atoms with E-state index in [1.165, 1.54) is 11.1 Å². The van der Waals surface area contributed by atoms with Gasteiger partial charge in [0.15, 0.2) is 0 Å². The highest BCUT2D eigenvalue weighted by Crippen LogP contribution is 2.17. The largest absolute Gasteiger partial charge is 0.491 e. The van der Waals surface area contributed by atoms with Crippen LogP contribution in [0.2, 0.25) is 0 Å². The second-order valence-electron chi connectivity index (χ2n) is 4.91. The lowest BCUT2D eigenvalue weighted by molar-refractivity contribution is 0.288. The van der Waals surface area contributed by atoms with Crippen LogP contribution in [-0.2, 0) is 13.1 Å². The summed E-state index contributed by atoms with van der Waals surface area (Å²) in [6.45, 7) is 7.49. The van der Waals surface area contributed by atoms with Crippen LogP contribution in [0.25, 0.3) is 0 Å². The molecule has 0 unspecified atom stereocenters. The predicted octanol–water partition coefficient (Wildman–Crippen LogP) is 2.77. The summed E-state index contributed by atoms with van der Waals surface area (Å²) in [5.74, 6) is 0.958. The fourth-order valence-electron chi connectivity index (χ4n) is 2.03. The molecule has 0 saturated heterocycles. The van der Waals surface area contributed by atoms with Crippen molar-refractivity contribution in [3.05, 3.63) is 47.8 Å². The standard InChI is InChI=1S/C16H23N3O/c1-3-8-17-12-15-6-4-5-7-16(15)20-10-9-19-13-14(2)11-18-19/h4-7,11,13,17H,3,8-10,12H2,1-2H3. The third kappa shape index (κ3) is 4.38. The average Bonchev–Trinajstić information content (AvgIpc) is 2.86. The average molecular weight is 273 g/mol. The molecule has 2 aromatic rings. The number of aryl methyl sites for hydroxylation is 1. The molecule has 0 amide bonds. The molecule has 1 aromatic carbocycles.